The second-order valence-corrected chi connectivity index (χ2v) is 14.9. The van der Waals surface area contributed by atoms with Gasteiger partial charge in [0.1, 0.15) is 42.0 Å². The number of aromatic nitrogens is 3. The van der Waals surface area contributed by atoms with Crippen molar-refractivity contribution in [1.82, 2.24) is 24.7 Å². The molecule has 14 heteroatoms. The van der Waals surface area contributed by atoms with Gasteiger partial charge in [0.05, 0.1) is 30.5 Å². The number of esters is 2. The fraction of sp³-hybridized carbons (Fsp3) is 0.351. The molecule has 5 aromatic rings. The topological polar surface area (TPSA) is 173 Å². The maximum atomic E-state index is 15.0. The minimum Gasteiger partial charge on any atom is -0.464 e. The summed E-state index contributed by atoms with van der Waals surface area (Å²) in [7, 11) is -3.91. The van der Waals surface area contributed by atoms with Gasteiger partial charge in [-0.25, -0.2) is 20.1 Å². The summed E-state index contributed by atoms with van der Waals surface area (Å²) in [6.45, 7) is 7.39. The highest BCUT2D eigenvalue weighted by atomic mass is 31.2. The highest BCUT2D eigenvalue weighted by Gasteiger charge is 2.36. The molecule has 5 rings (SSSR count). The quantitative estimate of drug-likeness (QED) is 0.0571. The van der Waals surface area contributed by atoms with Crippen molar-refractivity contribution in [2.45, 2.75) is 71.4 Å². The molecule has 2 atom stereocenters. The summed E-state index contributed by atoms with van der Waals surface area (Å²) in [5.74, 6) is -0.252. The number of nitrogen functional groups attached to an aromatic ring is 1. The number of carbonyl (C=O) groups is 2. The van der Waals surface area contributed by atoms with E-state index >= 15 is 4.57 Å². The number of benzene rings is 2. The summed E-state index contributed by atoms with van der Waals surface area (Å²) in [5, 5.41) is 6.74. The van der Waals surface area contributed by atoms with Gasteiger partial charge >= 0.3 is 11.9 Å². The first-order valence-corrected chi connectivity index (χ1v) is 18.7. The number of fused-ring (bicyclic) bond motifs is 1. The Balaban J connectivity index is 1.42. The van der Waals surface area contributed by atoms with Crippen LogP contribution >= 0.6 is 7.44 Å². The predicted molar refractivity (Wildman–Crippen MR) is 195 cm³/mol. The molecule has 51 heavy (non-hydrogen) atoms. The van der Waals surface area contributed by atoms with Crippen molar-refractivity contribution in [2.75, 3.05) is 18.7 Å². The fourth-order valence-electron chi connectivity index (χ4n) is 5.60. The van der Waals surface area contributed by atoms with Gasteiger partial charge in [-0.1, -0.05) is 60.7 Å². The number of hydrogen-bond acceptors (Lipinski definition) is 10. The van der Waals surface area contributed by atoms with Crippen LogP contribution in [0.25, 0.3) is 22.4 Å². The Labute approximate surface area is 297 Å². The summed E-state index contributed by atoms with van der Waals surface area (Å²) >= 11 is 0. The fourth-order valence-corrected chi connectivity index (χ4v) is 7.61. The van der Waals surface area contributed by atoms with E-state index in [1.54, 1.807) is 40.0 Å². The van der Waals surface area contributed by atoms with Crippen LogP contribution in [0.15, 0.2) is 96.0 Å². The molecule has 3 heterocycles. The molecule has 0 aliphatic carbocycles. The van der Waals surface area contributed by atoms with E-state index in [0.29, 0.717) is 29.2 Å². The zero-order valence-electron chi connectivity index (χ0n) is 29.2. The minimum absolute atomic E-state index is 0.0955. The van der Waals surface area contributed by atoms with Gasteiger partial charge in [0.2, 0.25) is 7.44 Å². The predicted octanol–water partition coefficient (Wildman–Crippen LogP) is 5.75. The van der Waals surface area contributed by atoms with Gasteiger partial charge < -0.3 is 28.9 Å². The van der Waals surface area contributed by atoms with Crippen LogP contribution < -0.4 is 15.9 Å². The van der Waals surface area contributed by atoms with Gasteiger partial charge in [0, 0.05) is 18.3 Å². The van der Waals surface area contributed by atoms with Crippen LogP contribution in [0.5, 0.6) is 0 Å². The van der Waals surface area contributed by atoms with Crippen LogP contribution in [0.4, 0.5) is 5.82 Å². The van der Waals surface area contributed by atoms with E-state index in [4.69, 9.17) is 24.4 Å². The number of carbonyl (C=O) groups excluding carboxylic acids is 2. The van der Waals surface area contributed by atoms with Crippen molar-refractivity contribution in [3.63, 3.8) is 0 Å². The van der Waals surface area contributed by atoms with Gasteiger partial charge in [0.15, 0.2) is 0 Å². The normalized spacial score (nSPS) is 13.1. The number of rotatable bonds is 18. The summed E-state index contributed by atoms with van der Waals surface area (Å²) in [5.41, 5.74) is 9.20. The summed E-state index contributed by atoms with van der Waals surface area (Å²) in [6, 6.07) is 20.2. The Morgan fingerprint density at radius 2 is 1.41 bits per heavy atom. The number of nitrogens with two attached hydrogens (primary N) is 1. The van der Waals surface area contributed by atoms with Crippen LogP contribution in [0.1, 0.15) is 38.8 Å². The molecule has 0 spiro atoms. The third-order valence-corrected chi connectivity index (χ3v) is 9.79. The standard InChI is InChI=1S/C37H45N6O7P/c1-25(2)49-36(44)30(20-27-12-7-5-8-13-27)41-51(46,42-31(37(45)50-26(3)4)21-28-14-9-6-10-15-28)24-47-19-17-43-22-29(32-16-11-18-48-32)33-34(38)39-23-40-35(33)43/h5-16,18,22-23,25-26,30-31H,17,19-21,24H2,1-4H3,(H2,38,39,40)(H2,41,42,46)/t30-,31-/m0/s1. The van der Waals surface area contributed by atoms with E-state index < -0.39 is 43.7 Å². The molecule has 0 bridgehead atoms. The Bertz CT molecular complexity index is 1840. The van der Waals surface area contributed by atoms with Crippen molar-refractivity contribution in [1.29, 1.82) is 0 Å². The van der Waals surface area contributed by atoms with E-state index in [-0.39, 0.29) is 25.8 Å². The first kappa shape index (κ1) is 37.4. The van der Waals surface area contributed by atoms with Gasteiger partial charge in [-0.15, -0.1) is 0 Å². The molecule has 0 radical (unpaired) electrons. The SMILES string of the molecule is CC(C)OC(=O)[C@H](Cc1ccccc1)NP(=O)(COCCn1cc(-c2ccco2)c2c(N)ncnc21)N[C@@H](Cc1ccccc1)C(=O)OC(C)C. The molecule has 0 fully saturated rings. The summed E-state index contributed by atoms with van der Waals surface area (Å²) < 4.78 is 39.7. The Kier molecular flexibility index (Phi) is 12.8. The molecule has 2 aromatic carbocycles. The number of nitrogens with one attached hydrogen (secondary N) is 2. The van der Waals surface area contributed by atoms with Crippen LogP contribution in [-0.4, -0.2) is 63.7 Å². The van der Waals surface area contributed by atoms with Crippen molar-refractivity contribution in [3.8, 4) is 11.3 Å². The van der Waals surface area contributed by atoms with Crippen LogP contribution in [0.2, 0.25) is 0 Å². The lowest BCUT2D eigenvalue weighted by Gasteiger charge is -2.29. The average Bonchev–Trinajstić information content (AvgIpc) is 3.76. The first-order valence-electron chi connectivity index (χ1n) is 16.9. The summed E-state index contributed by atoms with van der Waals surface area (Å²) in [6.07, 6.45) is 3.99. The Morgan fingerprint density at radius 1 is 0.843 bits per heavy atom. The van der Waals surface area contributed by atoms with Crippen LogP contribution in [0, 0.1) is 0 Å². The summed E-state index contributed by atoms with van der Waals surface area (Å²) in [4.78, 5) is 35.5. The van der Waals surface area contributed by atoms with Gasteiger partial charge in [-0.2, -0.15) is 0 Å². The van der Waals surface area contributed by atoms with Gasteiger partial charge in [-0.3, -0.25) is 14.2 Å². The number of nitrogens with zero attached hydrogens (tertiary/aromatic N) is 3. The monoisotopic (exact) mass is 716 g/mol. The van der Waals surface area contributed by atoms with E-state index in [1.807, 2.05) is 77.5 Å². The van der Waals surface area contributed by atoms with Crippen LogP contribution in [-0.2, 0) is 47.8 Å². The highest BCUT2D eigenvalue weighted by Crippen LogP contribution is 2.39. The highest BCUT2D eigenvalue weighted by molar-refractivity contribution is 7.59. The molecule has 0 unspecified atom stereocenters. The van der Waals surface area contributed by atoms with Gasteiger partial charge in [0.25, 0.3) is 0 Å². The molecule has 0 aliphatic heterocycles. The Hall–Kier alpha value is -4.81. The third-order valence-electron chi connectivity index (χ3n) is 7.79. The zero-order chi connectivity index (χ0) is 36.4. The molecule has 0 amide bonds. The lowest BCUT2D eigenvalue weighted by atomic mass is 10.1. The van der Waals surface area contributed by atoms with Crippen LogP contribution in [0.3, 0.4) is 0 Å². The van der Waals surface area contributed by atoms with Crippen molar-refractivity contribution < 1.29 is 32.8 Å². The first-order chi connectivity index (χ1) is 24.5. The second-order valence-electron chi connectivity index (χ2n) is 12.7. The van der Waals surface area contributed by atoms with E-state index in [9.17, 15) is 9.59 Å². The van der Waals surface area contributed by atoms with E-state index in [0.717, 1.165) is 16.7 Å². The van der Waals surface area contributed by atoms with E-state index in [1.165, 1.54) is 6.33 Å². The number of furan rings is 1. The van der Waals surface area contributed by atoms with Crippen molar-refractivity contribution in [3.05, 3.63) is 103 Å². The van der Waals surface area contributed by atoms with Gasteiger partial charge in [-0.05, 0) is 63.8 Å². The molecule has 0 aliphatic rings. The lowest BCUT2D eigenvalue weighted by molar-refractivity contribution is -0.150. The number of anilines is 1. The third kappa shape index (κ3) is 10.4. The molecular weight excluding hydrogens is 671 g/mol. The average molecular weight is 717 g/mol. The number of ether oxygens (including phenoxy) is 3. The van der Waals surface area contributed by atoms with Crippen molar-refractivity contribution in [2.24, 2.45) is 0 Å². The molecule has 4 N–H and O–H groups in total. The molecule has 0 saturated carbocycles. The number of hydrogen-bond donors (Lipinski definition) is 3. The molecule has 270 valence electrons. The maximum absolute atomic E-state index is 15.0. The maximum Gasteiger partial charge on any atom is 0.324 e. The zero-order valence-corrected chi connectivity index (χ0v) is 30.1. The minimum atomic E-state index is -3.91. The van der Waals surface area contributed by atoms with Crippen molar-refractivity contribution >= 4 is 36.2 Å². The lowest BCUT2D eigenvalue weighted by Crippen LogP contribution is -2.47. The smallest absolute Gasteiger partial charge is 0.324 e. The second kappa shape index (κ2) is 17.4. The largest absolute Gasteiger partial charge is 0.464 e. The molecule has 13 nitrogen and oxygen atoms in total. The Morgan fingerprint density at radius 3 is 1.92 bits per heavy atom. The molecule has 0 saturated heterocycles. The van der Waals surface area contributed by atoms with E-state index in [2.05, 4.69) is 20.1 Å². The molecule has 3 aromatic heterocycles. The molecular formula is C37H45N6O7P.